The smallest absolute Gasteiger partial charge is 0.271 e. The predicted molar refractivity (Wildman–Crippen MR) is 105 cm³/mol. The highest BCUT2D eigenvalue weighted by Gasteiger charge is 2.18. The van der Waals surface area contributed by atoms with Crippen LogP contribution in [0.5, 0.6) is 0 Å². The number of hydrogen-bond acceptors (Lipinski definition) is 4. The maximum Gasteiger partial charge on any atom is 0.271 e. The molecule has 1 aromatic carbocycles. The van der Waals surface area contributed by atoms with Crippen molar-refractivity contribution in [2.45, 2.75) is 26.2 Å². The molecule has 0 aliphatic carbocycles. The SMILES string of the molecule is CC1CCN(c2ccc(C(=O)NCCc3ccc(Cl)cc3Cl)nn2)CC1. The van der Waals surface area contributed by atoms with Crippen LogP contribution in [-0.2, 0) is 6.42 Å². The van der Waals surface area contributed by atoms with Crippen LogP contribution < -0.4 is 10.2 Å². The van der Waals surface area contributed by atoms with Gasteiger partial charge in [-0.05, 0) is 55.0 Å². The van der Waals surface area contributed by atoms with Crippen molar-refractivity contribution < 1.29 is 4.79 Å². The van der Waals surface area contributed by atoms with Gasteiger partial charge in [-0.3, -0.25) is 4.79 Å². The third-order valence-electron chi connectivity index (χ3n) is 4.69. The molecule has 1 aliphatic rings. The number of benzene rings is 1. The minimum Gasteiger partial charge on any atom is -0.355 e. The Morgan fingerprint density at radius 3 is 2.62 bits per heavy atom. The molecule has 26 heavy (non-hydrogen) atoms. The van der Waals surface area contributed by atoms with Gasteiger partial charge in [-0.15, -0.1) is 10.2 Å². The summed E-state index contributed by atoms with van der Waals surface area (Å²) in [5.74, 6) is 1.36. The molecule has 0 radical (unpaired) electrons. The summed E-state index contributed by atoms with van der Waals surface area (Å²) in [6, 6.07) is 8.95. The van der Waals surface area contributed by atoms with Crippen LogP contribution in [0.4, 0.5) is 5.82 Å². The molecule has 0 atom stereocenters. The van der Waals surface area contributed by atoms with E-state index in [1.54, 1.807) is 18.2 Å². The van der Waals surface area contributed by atoms with Gasteiger partial charge in [0, 0.05) is 29.7 Å². The summed E-state index contributed by atoms with van der Waals surface area (Å²) >= 11 is 12.0. The van der Waals surface area contributed by atoms with Gasteiger partial charge < -0.3 is 10.2 Å². The van der Waals surface area contributed by atoms with Crippen molar-refractivity contribution >= 4 is 34.9 Å². The Labute approximate surface area is 163 Å². The maximum atomic E-state index is 12.2. The Morgan fingerprint density at radius 2 is 1.96 bits per heavy atom. The van der Waals surface area contributed by atoms with E-state index in [-0.39, 0.29) is 5.91 Å². The number of amides is 1. The molecule has 1 fully saturated rings. The Morgan fingerprint density at radius 1 is 1.19 bits per heavy atom. The predicted octanol–water partition coefficient (Wildman–Crippen LogP) is 3.99. The van der Waals surface area contributed by atoms with Gasteiger partial charge in [0.25, 0.3) is 5.91 Å². The molecular weight excluding hydrogens is 371 g/mol. The maximum absolute atomic E-state index is 12.2. The van der Waals surface area contributed by atoms with Crippen LogP contribution in [0.25, 0.3) is 0 Å². The normalized spacial score (nSPS) is 15.1. The second-order valence-electron chi connectivity index (χ2n) is 6.69. The van der Waals surface area contributed by atoms with E-state index in [4.69, 9.17) is 23.2 Å². The largest absolute Gasteiger partial charge is 0.355 e. The van der Waals surface area contributed by atoms with Crippen molar-refractivity contribution in [1.82, 2.24) is 15.5 Å². The molecule has 2 heterocycles. The molecule has 0 saturated carbocycles. The zero-order chi connectivity index (χ0) is 18.5. The van der Waals surface area contributed by atoms with Gasteiger partial charge in [-0.1, -0.05) is 36.2 Å². The van der Waals surface area contributed by atoms with E-state index >= 15 is 0 Å². The van der Waals surface area contributed by atoms with E-state index in [0.717, 1.165) is 43.2 Å². The number of carbonyl (C=O) groups is 1. The summed E-state index contributed by atoms with van der Waals surface area (Å²) in [5.41, 5.74) is 1.26. The van der Waals surface area contributed by atoms with E-state index in [1.165, 1.54) is 0 Å². The number of halogens is 2. The van der Waals surface area contributed by atoms with E-state index in [9.17, 15) is 4.79 Å². The highest BCUT2D eigenvalue weighted by atomic mass is 35.5. The lowest BCUT2D eigenvalue weighted by Crippen LogP contribution is -2.34. The van der Waals surface area contributed by atoms with Crippen LogP contribution in [0.1, 0.15) is 35.8 Å². The van der Waals surface area contributed by atoms with Gasteiger partial charge in [0.1, 0.15) is 0 Å². The van der Waals surface area contributed by atoms with Gasteiger partial charge in [-0.2, -0.15) is 0 Å². The first-order chi connectivity index (χ1) is 12.5. The average molecular weight is 393 g/mol. The minimum atomic E-state index is -0.235. The van der Waals surface area contributed by atoms with Gasteiger partial charge >= 0.3 is 0 Å². The Hall–Kier alpha value is -1.85. The molecule has 2 aromatic rings. The summed E-state index contributed by atoms with van der Waals surface area (Å²) in [4.78, 5) is 14.4. The highest BCUT2D eigenvalue weighted by Crippen LogP contribution is 2.22. The zero-order valence-corrected chi connectivity index (χ0v) is 16.2. The van der Waals surface area contributed by atoms with E-state index < -0.39 is 0 Å². The second-order valence-corrected chi connectivity index (χ2v) is 7.53. The van der Waals surface area contributed by atoms with Gasteiger partial charge in [-0.25, -0.2) is 0 Å². The van der Waals surface area contributed by atoms with Crippen LogP contribution in [0.3, 0.4) is 0 Å². The third-order valence-corrected chi connectivity index (χ3v) is 5.27. The lowest BCUT2D eigenvalue weighted by Gasteiger charge is -2.30. The van der Waals surface area contributed by atoms with Crippen molar-refractivity contribution in [3.05, 3.63) is 51.6 Å². The van der Waals surface area contributed by atoms with Crippen molar-refractivity contribution in [2.24, 2.45) is 5.92 Å². The topological polar surface area (TPSA) is 58.1 Å². The summed E-state index contributed by atoms with van der Waals surface area (Å²) in [7, 11) is 0. The van der Waals surface area contributed by atoms with E-state index in [1.807, 2.05) is 12.1 Å². The number of nitrogens with zero attached hydrogens (tertiary/aromatic N) is 3. The minimum absolute atomic E-state index is 0.235. The molecule has 7 heteroatoms. The van der Waals surface area contributed by atoms with E-state index in [0.29, 0.717) is 28.7 Å². The van der Waals surface area contributed by atoms with Gasteiger partial charge in [0.15, 0.2) is 11.5 Å². The molecule has 1 aromatic heterocycles. The highest BCUT2D eigenvalue weighted by molar-refractivity contribution is 6.35. The first kappa shape index (κ1) is 18.9. The molecule has 0 bridgehead atoms. The number of carbonyl (C=O) groups excluding carboxylic acids is 1. The van der Waals surface area contributed by atoms with Crippen molar-refractivity contribution in [2.75, 3.05) is 24.5 Å². The van der Waals surface area contributed by atoms with Crippen molar-refractivity contribution in [1.29, 1.82) is 0 Å². The monoisotopic (exact) mass is 392 g/mol. The molecule has 5 nitrogen and oxygen atoms in total. The zero-order valence-electron chi connectivity index (χ0n) is 14.7. The van der Waals surface area contributed by atoms with E-state index in [2.05, 4.69) is 27.3 Å². The first-order valence-corrected chi connectivity index (χ1v) is 9.59. The first-order valence-electron chi connectivity index (χ1n) is 8.84. The molecule has 0 spiro atoms. The van der Waals surface area contributed by atoms with Crippen molar-refractivity contribution in [3.63, 3.8) is 0 Å². The summed E-state index contributed by atoms with van der Waals surface area (Å²) < 4.78 is 0. The van der Waals surface area contributed by atoms with Crippen LogP contribution in [0.15, 0.2) is 30.3 Å². The van der Waals surface area contributed by atoms with Crippen LogP contribution in [0, 0.1) is 5.92 Å². The second kappa shape index (κ2) is 8.69. The molecule has 1 amide bonds. The standard InChI is InChI=1S/C19H22Cl2N4O/c1-13-7-10-25(11-8-13)18-5-4-17(23-24-18)19(26)22-9-6-14-2-3-15(20)12-16(14)21/h2-5,12-13H,6-11H2,1H3,(H,22,26). The van der Waals surface area contributed by atoms with Crippen LogP contribution >= 0.6 is 23.2 Å². The Bertz CT molecular complexity index is 759. The van der Waals surface area contributed by atoms with Gasteiger partial charge in [0.2, 0.25) is 0 Å². The Balaban J connectivity index is 1.51. The quantitative estimate of drug-likeness (QED) is 0.835. The Kier molecular flexibility index (Phi) is 6.33. The number of rotatable bonds is 5. The molecule has 3 rings (SSSR count). The summed E-state index contributed by atoms with van der Waals surface area (Å²) in [6.07, 6.45) is 2.95. The number of piperidine rings is 1. The lowest BCUT2D eigenvalue weighted by molar-refractivity contribution is 0.0948. The molecule has 1 N–H and O–H groups in total. The molecule has 1 aliphatic heterocycles. The fraction of sp³-hybridized carbons (Fsp3) is 0.421. The molecule has 0 unspecified atom stereocenters. The molecular formula is C19H22Cl2N4O. The fourth-order valence-corrected chi connectivity index (χ4v) is 3.48. The third kappa shape index (κ3) is 4.86. The van der Waals surface area contributed by atoms with Crippen LogP contribution in [-0.4, -0.2) is 35.7 Å². The number of aromatic nitrogens is 2. The number of anilines is 1. The summed E-state index contributed by atoms with van der Waals surface area (Å²) in [5, 5.41) is 12.3. The van der Waals surface area contributed by atoms with Crippen LogP contribution in [0.2, 0.25) is 10.0 Å². The molecule has 1 saturated heterocycles. The van der Waals surface area contributed by atoms with Gasteiger partial charge in [0.05, 0.1) is 0 Å². The number of nitrogens with one attached hydrogen (secondary N) is 1. The fourth-order valence-electron chi connectivity index (χ4n) is 2.98. The lowest BCUT2D eigenvalue weighted by atomic mass is 9.99. The number of hydrogen-bond donors (Lipinski definition) is 1. The van der Waals surface area contributed by atoms with Crippen molar-refractivity contribution in [3.8, 4) is 0 Å². The average Bonchev–Trinajstić information content (AvgIpc) is 2.64. The molecule has 138 valence electrons. The summed E-state index contributed by atoms with van der Waals surface area (Å²) in [6.45, 7) is 4.72.